The largest absolute Gasteiger partial charge is 0.439 e. The highest BCUT2D eigenvalue weighted by Crippen LogP contribution is 2.31. The van der Waals surface area contributed by atoms with Gasteiger partial charge in [-0.05, 0) is 31.5 Å². The van der Waals surface area contributed by atoms with E-state index < -0.39 is 4.92 Å². The van der Waals surface area contributed by atoms with Crippen molar-refractivity contribution in [3.63, 3.8) is 0 Å². The minimum Gasteiger partial charge on any atom is -0.439 e. The molecule has 6 nitrogen and oxygen atoms in total. The lowest BCUT2D eigenvalue weighted by Gasteiger charge is -2.01. The number of nitro benzene ring substituents is 1. The summed E-state index contributed by atoms with van der Waals surface area (Å²) in [5.41, 5.74) is 1.43. The fraction of sp³-hybridized carbons (Fsp3) is 0.357. The number of nitrogens with one attached hydrogen (secondary N) is 1. The molecule has 0 unspecified atom stereocenters. The van der Waals surface area contributed by atoms with E-state index in [4.69, 9.17) is 4.42 Å². The molecule has 0 aliphatic carbocycles. The maximum absolute atomic E-state index is 11.1. The van der Waals surface area contributed by atoms with E-state index in [0.717, 1.165) is 18.5 Å². The first-order chi connectivity index (χ1) is 9.61. The molecule has 0 spiro atoms. The Labute approximate surface area is 117 Å². The number of nitro groups is 1. The number of rotatable bonds is 6. The average molecular weight is 275 g/mol. The number of oxazole rings is 1. The maximum atomic E-state index is 11.1. The molecule has 6 heteroatoms. The van der Waals surface area contributed by atoms with Crippen molar-refractivity contribution in [3.8, 4) is 11.3 Å². The van der Waals surface area contributed by atoms with E-state index in [9.17, 15) is 10.1 Å². The maximum Gasteiger partial charge on any atom is 0.280 e. The summed E-state index contributed by atoms with van der Waals surface area (Å²) in [6, 6.07) is 4.94. The van der Waals surface area contributed by atoms with Crippen molar-refractivity contribution in [2.24, 2.45) is 0 Å². The van der Waals surface area contributed by atoms with Gasteiger partial charge in [0.1, 0.15) is 0 Å². The number of hydrogen-bond acceptors (Lipinski definition) is 5. The first-order valence-electron chi connectivity index (χ1n) is 6.52. The summed E-state index contributed by atoms with van der Waals surface area (Å²) in [5, 5.41) is 14.2. The van der Waals surface area contributed by atoms with E-state index in [1.54, 1.807) is 12.1 Å². The topological polar surface area (TPSA) is 81.2 Å². The molecule has 0 radical (unpaired) electrons. The molecule has 1 aromatic carbocycles. The second kappa shape index (κ2) is 6.29. The van der Waals surface area contributed by atoms with Crippen molar-refractivity contribution in [1.29, 1.82) is 0 Å². The first kappa shape index (κ1) is 14.2. The van der Waals surface area contributed by atoms with Crippen molar-refractivity contribution in [2.45, 2.75) is 26.8 Å². The number of nitrogens with zero attached hydrogens (tertiary/aromatic N) is 2. The highest BCUT2D eigenvalue weighted by Gasteiger charge is 2.18. The molecule has 0 amide bonds. The lowest BCUT2D eigenvalue weighted by atomic mass is 10.1. The molecule has 2 rings (SSSR count). The molecular formula is C14H17N3O3. The van der Waals surface area contributed by atoms with Gasteiger partial charge in [-0.15, -0.1) is 0 Å². The van der Waals surface area contributed by atoms with E-state index >= 15 is 0 Å². The SMILES string of the molecule is CCCNCc1ncc(-c2cc(C)ccc2[N+](=O)[O-])o1. The van der Waals surface area contributed by atoms with Gasteiger partial charge in [0.2, 0.25) is 5.89 Å². The van der Waals surface area contributed by atoms with Crippen LogP contribution < -0.4 is 5.32 Å². The molecule has 20 heavy (non-hydrogen) atoms. The van der Waals surface area contributed by atoms with Gasteiger partial charge in [0, 0.05) is 6.07 Å². The van der Waals surface area contributed by atoms with Crippen molar-refractivity contribution in [1.82, 2.24) is 10.3 Å². The monoisotopic (exact) mass is 275 g/mol. The normalized spacial score (nSPS) is 10.7. The Morgan fingerprint density at radius 1 is 1.45 bits per heavy atom. The van der Waals surface area contributed by atoms with Gasteiger partial charge in [-0.1, -0.05) is 13.0 Å². The zero-order valence-corrected chi connectivity index (χ0v) is 11.5. The molecule has 1 aromatic heterocycles. The molecule has 0 saturated carbocycles. The van der Waals surface area contributed by atoms with Crippen LogP contribution in [0.4, 0.5) is 5.69 Å². The van der Waals surface area contributed by atoms with Crippen LogP contribution in [0.3, 0.4) is 0 Å². The van der Waals surface area contributed by atoms with Crippen molar-refractivity contribution < 1.29 is 9.34 Å². The molecule has 1 heterocycles. The molecule has 0 saturated heterocycles. The summed E-state index contributed by atoms with van der Waals surface area (Å²) in [5.74, 6) is 0.956. The predicted octanol–water partition coefficient (Wildman–Crippen LogP) is 3.06. The molecule has 0 bridgehead atoms. The fourth-order valence-electron chi connectivity index (χ4n) is 1.90. The Hall–Kier alpha value is -2.21. The molecular weight excluding hydrogens is 258 g/mol. The third-order valence-electron chi connectivity index (χ3n) is 2.87. The lowest BCUT2D eigenvalue weighted by molar-refractivity contribution is -0.384. The van der Waals surface area contributed by atoms with Crippen LogP contribution in [-0.2, 0) is 6.54 Å². The van der Waals surface area contributed by atoms with Gasteiger partial charge in [-0.3, -0.25) is 10.1 Å². The summed E-state index contributed by atoms with van der Waals surface area (Å²) in [7, 11) is 0. The Morgan fingerprint density at radius 3 is 2.95 bits per heavy atom. The van der Waals surface area contributed by atoms with Crippen LogP contribution in [0.1, 0.15) is 24.8 Å². The van der Waals surface area contributed by atoms with Crippen LogP contribution in [0, 0.1) is 17.0 Å². The standard InChI is InChI=1S/C14H17N3O3/c1-3-6-15-9-14-16-8-13(20-14)11-7-10(2)4-5-12(11)17(18)19/h4-5,7-8,15H,3,6,9H2,1-2H3. The Morgan fingerprint density at radius 2 is 2.25 bits per heavy atom. The summed E-state index contributed by atoms with van der Waals surface area (Å²) in [4.78, 5) is 14.8. The molecule has 0 aliphatic heterocycles. The summed E-state index contributed by atoms with van der Waals surface area (Å²) >= 11 is 0. The number of benzene rings is 1. The quantitative estimate of drug-likeness (QED) is 0.498. The molecule has 0 atom stereocenters. The van der Waals surface area contributed by atoms with E-state index in [1.165, 1.54) is 12.3 Å². The molecule has 2 aromatic rings. The van der Waals surface area contributed by atoms with E-state index in [2.05, 4.69) is 17.2 Å². The first-order valence-corrected chi connectivity index (χ1v) is 6.52. The third kappa shape index (κ3) is 3.21. The van der Waals surface area contributed by atoms with Crippen molar-refractivity contribution in [2.75, 3.05) is 6.54 Å². The van der Waals surface area contributed by atoms with Gasteiger partial charge in [-0.2, -0.15) is 0 Å². The van der Waals surface area contributed by atoms with Gasteiger partial charge >= 0.3 is 0 Å². The van der Waals surface area contributed by atoms with Crippen molar-refractivity contribution in [3.05, 3.63) is 46.0 Å². The fourth-order valence-corrected chi connectivity index (χ4v) is 1.90. The van der Waals surface area contributed by atoms with E-state index in [0.29, 0.717) is 23.8 Å². The molecule has 1 N–H and O–H groups in total. The highest BCUT2D eigenvalue weighted by molar-refractivity contribution is 5.69. The van der Waals surface area contributed by atoms with Gasteiger partial charge in [-0.25, -0.2) is 4.98 Å². The number of aromatic nitrogens is 1. The number of aryl methyl sites for hydroxylation is 1. The Balaban J connectivity index is 2.27. The minimum atomic E-state index is -0.410. The summed E-state index contributed by atoms with van der Waals surface area (Å²) in [6.07, 6.45) is 2.56. The Kier molecular flexibility index (Phi) is 4.47. The molecule has 0 fully saturated rings. The second-order valence-electron chi connectivity index (χ2n) is 4.57. The van der Waals surface area contributed by atoms with Crippen LogP contribution in [0.15, 0.2) is 28.8 Å². The van der Waals surface area contributed by atoms with Gasteiger partial charge < -0.3 is 9.73 Å². The third-order valence-corrected chi connectivity index (χ3v) is 2.87. The van der Waals surface area contributed by atoms with E-state index in [1.807, 2.05) is 6.92 Å². The van der Waals surface area contributed by atoms with Crippen LogP contribution in [-0.4, -0.2) is 16.5 Å². The zero-order chi connectivity index (χ0) is 14.5. The van der Waals surface area contributed by atoms with Crippen LogP contribution in [0.2, 0.25) is 0 Å². The molecule has 106 valence electrons. The van der Waals surface area contributed by atoms with Crippen LogP contribution in [0.25, 0.3) is 11.3 Å². The van der Waals surface area contributed by atoms with Crippen LogP contribution >= 0.6 is 0 Å². The predicted molar refractivity (Wildman–Crippen MR) is 75.3 cm³/mol. The van der Waals surface area contributed by atoms with Gasteiger partial charge in [0.05, 0.1) is 23.2 Å². The smallest absolute Gasteiger partial charge is 0.280 e. The van der Waals surface area contributed by atoms with E-state index in [-0.39, 0.29) is 5.69 Å². The molecule has 0 aliphatic rings. The van der Waals surface area contributed by atoms with Crippen LogP contribution in [0.5, 0.6) is 0 Å². The lowest BCUT2D eigenvalue weighted by Crippen LogP contribution is -2.13. The summed E-state index contributed by atoms with van der Waals surface area (Å²) in [6.45, 7) is 5.35. The minimum absolute atomic E-state index is 0.0276. The Bertz CT molecular complexity index is 607. The zero-order valence-electron chi connectivity index (χ0n) is 11.5. The highest BCUT2D eigenvalue weighted by atomic mass is 16.6. The van der Waals surface area contributed by atoms with Crippen molar-refractivity contribution >= 4 is 5.69 Å². The van der Waals surface area contributed by atoms with Gasteiger partial charge in [0.25, 0.3) is 5.69 Å². The number of hydrogen-bond donors (Lipinski definition) is 1. The second-order valence-corrected chi connectivity index (χ2v) is 4.57. The van der Waals surface area contributed by atoms with Gasteiger partial charge in [0.15, 0.2) is 5.76 Å². The average Bonchev–Trinajstić information content (AvgIpc) is 2.87. The summed E-state index contributed by atoms with van der Waals surface area (Å²) < 4.78 is 5.58.